The van der Waals surface area contributed by atoms with E-state index in [-0.39, 0.29) is 24.7 Å². The van der Waals surface area contributed by atoms with E-state index in [9.17, 15) is 8.78 Å². The van der Waals surface area contributed by atoms with Crippen molar-refractivity contribution in [1.82, 2.24) is 0 Å². The third-order valence-electron chi connectivity index (χ3n) is 1.78. The van der Waals surface area contributed by atoms with Gasteiger partial charge in [0, 0.05) is 12.8 Å². The predicted octanol–water partition coefficient (Wildman–Crippen LogP) is 4.17. The van der Waals surface area contributed by atoms with E-state index in [2.05, 4.69) is 22.6 Å². The van der Waals surface area contributed by atoms with E-state index in [0.29, 0.717) is 12.8 Å². The largest absolute Gasteiger partial charge is 0.431 e. The van der Waals surface area contributed by atoms with E-state index in [4.69, 9.17) is 4.74 Å². The first-order valence-corrected chi connectivity index (χ1v) is 5.66. The van der Waals surface area contributed by atoms with Crippen LogP contribution in [0, 0.1) is 0 Å². The molecule has 0 heterocycles. The van der Waals surface area contributed by atoms with Crippen LogP contribution in [-0.4, -0.2) is 12.7 Å². The van der Waals surface area contributed by atoms with Gasteiger partial charge in [-0.2, -0.15) is 0 Å². The maximum atomic E-state index is 13.0. The fourth-order valence-electron chi connectivity index (χ4n) is 1.03. The summed E-state index contributed by atoms with van der Waals surface area (Å²) in [6.07, 6.45) is -1.24. The van der Waals surface area contributed by atoms with Gasteiger partial charge in [-0.15, -0.1) is 0 Å². The van der Waals surface area contributed by atoms with Crippen molar-refractivity contribution in [3.05, 3.63) is 25.0 Å². The maximum Gasteiger partial charge on any atom is 0.282 e. The van der Waals surface area contributed by atoms with E-state index >= 15 is 0 Å². The molecule has 2 unspecified atom stereocenters. The van der Waals surface area contributed by atoms with Crippen LogP contribution in [0.15, 0.2) is 25.0 Å². The molecule has 0 amide bonds. The molecule has 0 aromatic rings. The number of hydrogen-bond acceptors (Lipinski definition) is 3. The molecule has 0 aromatic carbocycles. The van der Waals surface area contributed by atoms with Crippen molar-refractivity contribution < 1.29 is 23.0 Å². The van der Waals surface area contributed by atoms with Gasteiger partial charge in [-0.3, -0.25) is 0 Å². The molecule has 0 rings (SSSR count). The Morgan fingerprint density at radius 2 is 1.29 bits per heavy atom. The molecule has 0 saturated heterocycles. The average Bonchev–Trinajstić information content (AvgIpc) is 2.16. The summed E-state index contributed by atoms with van der Waals surface area (Å²) in [5, 5.41) is 0. The van der Waals surface area contributed by atoms with E-state index in [0.717, 1.165) is 0 Å². The number of hydrogen-bond donors (Lipinski definition) is 0. The Bertz CT molecular complexity index is 220. The third kappa shape index (κ3) is 8.54. The molecule has 0 aliphatic rings. The molecule has 0 fully saturated rings. The Labute approximate surface area is 101 Å². The summed E-state index contributed by atoms with van der Waals surface area (Å²) in [5.74, 6) is -0.584. The fraction of sp³-hybridized carbons (Fsp3) is 0.667. The smallest absolute Gasteiger partial charge is 0.282 e. The van der Waals surface area contributed by atoms with Gasteiger partial charge < -0.3 is 14.2 Å². The third-order valence-corrected chi connectivity index (χ3v) is 1.78. The molecule has 0 aromatic heterocycles. The normalized spacial score (nSPS) is 13.6. The summed E-state index contributed by atoms with van der Waals surface area (Å²) in [7, 11) is 0. The Kier molecular flexibility index (Phi) is 8.19. The summed E-state index contributed by atoms with van der Waals surface area (Å²) in [6, 6.07) is 0. The highest BCUT2D eigenvalue weighted by atomic mass is 19.1. The molecule has 0 aliphatic heterocycles. The van der Waals surface area contributed by atoms with Gasteiger partial charge in [0.1, 0.15) is 0 Å². The molecule has 5 heteroatoms. The van der Waals surface area contributed by atoms with E-state index < -0.39 is 12.7 Å². The number of alkyl halides is 2. The van der Waals surface area contributed by atoms with Crippen LogP contribution in [0.2, 0.25) is 0 Å². The summed E-state index contributed by atoms with van der Waals surface area (Å²) in [6.45, 7) is 10.3. The molecule has 0 radical (unpaired) electrons. The van der Waals surface area contributed by atoms with Crippen LogP contribution in [0.1, 0.15) is 39.5 Å². The second kappa shape index (κ2) is 8.84. The van der Waals surface area contributed by atoms with Gasteiger partial charge in [0.15, 0.2) is 0 Å². The minimum absolute atomic E-state index is 0.233. The summed E-state index contributed by atoms with van der Waals surface area (Å²) in [5.41, 5.74) is 0. The second-order valence-corrected chi connectivity index (χ2v) is 3.48. The topological polar surface area (TPSA) is 27.7 Å². The summed E-state index contributed by atoms with van der Waals surface area (Å²) < 4.78 is 40.0. The summed E-state index contributed by atoms with van der Waals surface area (Å²) >= 11 is 0. The van der Waals surface area contributed by atoms with Crippen molar-refractivity contribution in [2.24, 2.45) is 0 Å². The zero-order valence-corrected chi connectivity index (χ0v) is 10.4. The van der Waals surface area contributed by atoms with Gasteiger partial charge in [-0.1, -0.05) is 13.8 Å². The molecule has 0 spiro atoms. The van der Waals surface area contributed by atoms with Crippen LogP contribution in [0.4, 0.5) is 8.78 Å². The fourth-order valence-corrected chi connectivity index (χ4v) is 1.03. The molecule has 100 valence electrons. The van der Waals surface area contributed by atoms with Crippen molar-refractivity contribution in [2.75, 3.05) is 0 Å². The predicted molar refractivity (Wildman–Crippen MR) is 61.1 cm³/mol. The minimum Gasteiger partial charge on any atom is -0.431 e. The highest BCUT2D eigenvalue weighted by Crippen LogP contribution is 2.15. The van der Waals surface area contributed by atoms with E-state index in [1.54, 1.807) is 0 Å². The van der Waals surface area contributed by atoms with E-state index in [1.807, 2.05) is 13.8 Å². The van der Waals surface area contributed by atoms with Crippen molar-refractivity contribution in [1.29, 1.82) is 0 Å². The lowest BCUT2D eigenvalue weighted by Crippen LogP contribution is -2.10. The average molecular weight is 250 g/mol. The molecule has 3 nitrogen and oxygen atoms in total. The zero-order chi connectivity index (χ0) is 13.3. The second-order valence-electron chi connectivity index (χ2n) is 3.48. The SMILES string of the molecule is C=C(OC(=C)OC(F)CCC)OC(F)CCC. The van der Waals surface area contributed by atoms with E-state index in [1.165, 1.54) is 0 Å². The van der Waals surface area contributed by atoms with Crippen molar-refractivity contribution in [2.45, 2.75) is 52.2 Å². The van der Waals surface area contributed by atoms with Crippen LogP contribution < -0.4 is 0 Å². The lowest BCUT2D eigenvalue weighted by molar-refractivity contribution is -0.108. The monoisotopic (exact) mass is 250 g/mol. The Balaban J connectivity index is 3.83. The van der Waals surface area contributed by atoms with Gasteiger partial charge in [-0.05, 0) is 26.0 Å². The molecular weight excluding hydrogens is 230 g/mol. The first-order valence-electron chi connectivity index (χ1n) is 5.66. The quantitative estimate of drug-likeness (QED) is 0.545. The highest BCUT2D eigenvalue weighted by molar-refractivity contribution is 4.80. The first-order chi connectivity index (χ1) is 7.99. The molecule has 2 atom stereocenters. The van der Waals surface area contributed by atoms with Crippen LogP contribution in [0.3, 0.4) is 0 Å². The number of ether oxygens (including phenoxy) is 3. The van der Waals surface area contributed by atoms with Crippen LogP contribution in [-0.2, 0) is 14.2 Å². The number of rotatable bonds is 10. The first kappa shape index (κ1) is 15.7. The van der Waals surface area contributed by atoms with Crippen molar-refractivity contribution in [3.8, 4) is 0 Å². The van der Waals surface area contributed by atoms with Gasteiger partial charge in [0.05, 0.1) is 0 Å². The summed E-state index contributed by atoms with van der Waals surface area (Å²) in [4.78, 5) is 0. The Morgan fingerprint density at radius 1 is 0.941 bits per heavy atom. The van der Waals surface area contributed by atoms with Gasteiger partial charge >= 0.3 is 0 Å². The molecule has 0 bridgehead atoms. The zero-order valence-electron chi connectivity index (χ0n) is 10.4. The van der Waals surface area contributed by atoms with Crippen LogP contribution in [0.5, 0.6) is 0 Å². The Morgan fingerprint density at radius 3 is 1.59 bits per heavy atom. The van der Waals surface area contributed by atoms with Gasteiger partial charge in [0.25, 0.3) is 11.9 Å². The minimum atomic E-state index is -1.49. The van der Waals surface area contributed by atoms with Crippen molar-refractivity contribution >= 4 is 0 Å². The molecule has 0 aliphatic carbocycles. The van der Waals surface area contributed by atoms with Crippen molar-refractivity contribution in [3.63, 3.8) is 0 Å². The molecular formula is C12H20F2O3. The molecule has 0 saturated carbocycles. The maximum absolute atomic E-state index is 13.0. The number of halogens is 2. The Hall–Kier alpha value is -1.26. The van der Waals surface area contributed by atoms with Gasteiger partial charge in [-0.25, -0.2) is 8.78 Å². The lowest BCUT2D eigenvalue weighted by atomic mass is 10.3. The standard InChI is InChI=1S/C12H20F2O3/c1-5-7-11(13)16-9(3)15-10(4)17-12(14)8-6-2/h11-12H,3-8H2,1-2H3. The van der Waals surface area contributed by atoms with Gasteiger partial charge in [0.2, 0.25) is 12.7 Å². The lowest BCUT2D eigenvalue weighted by Gasteiger charge is -2.16. The van der Waals surface area contributed by atoms with Crippen LogP contribution in [0.25, 0.3) is 0 Å². The van der Waals surface area contributed by atoms with Crippen LogP contribution >= 0.6 is 0 Å². The highest BCUT2D eigenvalue weighted by Gasteiger charge is 2.12. The molecule has 0 N–H and O–H groups in total. The molecule has 17 heavy (non-hydrogen) atoms.